The van der Waals surface area contributed by atoms with Crippen molar-refractivity contribution in [3.05, 3.63) is 12.2 Å². The molecule has 0 aromatic rings. The summed E-state index contributed by atoms with van der Waals surface area (Å²) in [6.07, 6.45) is 8.26. The smallest absolute Gasteiger partial charge is 0.226 e. The summed E-state index contributed by atoms with van der Waals surface area (Å²) in [7, 11) is 0. The molecule has 1 N–H and O–H groups in total. The molecule has 2 saturated carbocycles. The van der Waals surface area contributed by atoms with Gasteiger partial charge >= 0.3 is 0 Å². The lowest BCUT2D eigenvalue weighted by Crippen LogP contribution is -2.57. The third kappa shape index (κ3) is 1.73. The highest BCUT2D eigenvalue weighted by atomic mass is 16.8. The number of rotatable bonds is 2. The van der Waals surface area contributed by atoms with Crippen molar-refractivity contribution in [1.82, 2.24) is 5.32 Å². The van der Waals surface area contributed by atoms with Gasteiger partial charge < -0.3 is 19.5 Å². The molecule has 120 valence electrons. The molecule has 5 heteroatoms. The molecule has 0 unspecified atom stereocenters. The first-order valence-electron chi connectivity index (χ1n) is 8.47. The number of carbonyl (C=O) groups excluding carboxylic acids is 1. The van der Waals surface area contributed by atoms with Crippen LogP contribution < -0.4 is 5.32 Å². The SMILES string of the molecule is CC1(C)O[C@@H]2[C@H]3CC[C@](NC(=O)[C@@H]4C[C@H]5C=C[C@@H]4O5)(C3)[C@@H]2O1. The summed E-state index contributed by atoms with van der Waals surface area (Å²) in [5.74, 6) is 0.0691. The summed E-state index contributed by atoms with van der Waals surface area (Å²) in [4.78, 5) is 12.8. The number of ether oxygens (including phenoxy) is 3. The Labute approximate surface area is 130 Å². The van der Waals surface area contributed by atoms with Gasteiger partial charge in [0.15, 0.2) is 5.79 Å². The van der Waals surface area contributed by atoms with Crippen LogP contribution in [0.5, 0.6) is 0 Å². The number of hydrogen-bond donors (Lipinski definition) is 1. The topological polar surface area (TPSA) is 56.8 Å². The van der Waals surface area contributed by atoms with E-state index in [-0.39, 0.29) is 41.8 Å². The van der Waals surface area contributed by atoms with Gasteiger partial charge in [-0.15, -0.1) is 0 Å². The highest BCUT2D eigenvalue weighted by molar-refractivity contribution is 5.81. The van der Waals surface area contributed by atoms with Crippen LogP contribution in [0.3, 0.4) is 0 Å². The Bertz CT molecular complexity index is 559. The summed E-state index contributed by atoms with van der Waals surface area (Å²) in [6, 6.07) is 0. The molecule has 1 amide bonds. The lowest BCUT2D eigenvalue weighted by molar-refractivity contribution is -0.162. The Morgan fingerprint density at radius 3 is 2.86 bits per heavy atom. The minimum atomic E-state index is -0.535. The van der Waals surface area contributed by atoms with Crippen molar-refractivity contribution in [2.24, 2.45) is 11.8 Å². The van der Waals surface area contributed by atoms with Crippen molar-refractivity contribution < 1.29 is 19.0 Å². The van der Waals surface area contributed by atoms with Crippen molar-refractivity contribution in [1.29, 1.82) is 0 Å². The minimum absolute atomic E-state index is 0.000232. The first kappa shape index (κ1) is 13.5. The molecule has 5 aliphatic rings. The van der Waals surface area contributed by atoms with E-state index < -0.39 is 5.79 Å². The van der Waals surface area contributed by atoms with Gasteiger partial charge in [-0.1, -0.05) is 12.2 Å². The van der Waals surface area contributed by atoms with Crippen molar-refractivity contribution in [2.45, 2.75) is 75.3 Å². The van der Waals surface area contributed by atoms with Crippen molar-refractivity contribution in [2.75, 3.05) is 0 Å². The first-order chi connectivity index (χ1) is 10.5. The van der Waals surface area contributed by atoms with Gasteiger partial charge in [-0.25, -0.2) is 0 Å². The van der Waals surface area contributed by atoms with Gasteiger partial charge in [-0.2, -0.15) is 0 Å². The molecule has 2 aliphatic carbocycles. The zero-order valence-electron chi connectivity index (χ0n) is 13.1. The highest BCUT2D eigenvalue weighted by Gasteiger charge is 2.65. The summed E-state index contributed by atoms with van der Waals surface area (Å²) < 4.78 is 18.0. The predicted octanol–water partition coefficient (Wildman–Crippen LogP) is 1.52. The zero-order chi connectivity index (χ0) is 15.1. The van der Waals surface area contributed by atoms with E-state index in [9.17, 15) is 4.79 Å². The molecule has 4 fully saturated rings. The van der Waals surface area contributed by atoms with Crippen LogP contribution in [0, 0.1) is 11.8 Å². The van der Waals surface area contributed by atoms with E-state index in [2.05, 4.69) is 11.4 Å². The molecule has 5 rings (SSSR count). The van der Waals surface area contributed by atoms with Crippen LogP contribution in [-0.4, -0.2) is 41.6 Å². The average Bonchev–Trinajstić information content (AvgIpc) is 3.20. The van der Waals surface area contributed by atoms with E-state index in [0.717, 1.165) is 25.7 Å². The first-order valence-corrected chi connectivity index (χ1v) is 8.47. The van der Waals surface area contributed by atoms with E-state index in [1.807, 2.05) is 19.9 Å². The molecule has 22 heavy (non-hydrogen) atoms. The van der Waals surface area contributed by atoms with E-state index >= 15 is 0 Å². The monoisotopic (exact) mass is 305 g/mol. The van der Waals surface area contributed by atoms with Gasteiger partial charge in [0.05, 0.1) is 29.8 Å². The fraction of sp³-hybridized carbons (Fsp3) is 0.824. The van der Waals surface area contributed by atoms with Gasteiger partial charge in [0.1, 0.15) is 6.10 Å². The third-order valence-electron chi connectivity index (χ3n) is 6.17. The fourth-order valence-electron chi connectivity index (χ4n) is 5.27. The maximum absolute atomic E-state index is 12.8. The molecule has 4 bridgehead atoms. The van der Waals surface area contributed by atoms with Crippen molar-refractivity contribution >= 4 is 5.91 Å². The molecular formula is C17H23NO4. The zero-order valence-corrected chi connectivity index (χ0v) is 13.1. The summed E-state index contributed by atoms with van der Waals surface area (Å²) in [6.45, 7) is 3.93. The Balaban J connectivity index is 1.36. The Kier molecular flexibility index (Phi) is 2.54. The van der Waals surface area contributed by atoms with E-state index in [4.69, 9.17) is 14.2 Å². The van der Waals surface area contributed by atoms with Crippen LogP contribution in [0.25, 0.3) is 0 Å². The second kappa shape index (κ2) is 4.13. The van der Waals surface area contributed by atoms with Gasteiger partial charge in [0.2, 0.25) is 5.91 Å². The molecule has 0 radical (unpaired) electrons. The molecule has 7 atom stereocenters. The Morgan fingerprint density at radius 2 is 2.14 bits per heavy atom. The van der Waals surface area contributed by atoms with Crippen LogP contribution in [0.4, 0.5) is 0 Å². The molecule has 0 aromatic heterocycles. The molecule has 3 aliphatic heterocycles. The second-order valence-electron chi connectivity index (χ2n) is 8.04. The normalized spacial score (nSPS) is 53.2. The maximum Gasteiger partial charge on any atom is 0.226 e. The molecular weight excluding hydrogens is 282 g/mol. The maximum atomic E-state index is 12.8. The lowest BCUT2D eigenvalue weighted by Gasteiger charge is -2.36. The summed E-state index contributed by atoms with van der Waals surface area (Å²) >= 11 is 0. The second-order valence-corrected chi connectivity index (χ2v) is 8.04. The number of nitrogens with one attached hydrogen (secondary N) is 1. The van der Waals surface area contributed by atoms with Crippen molar-refractivity contribution in [3.63, 3.8) is 0 Å². The summed E-state index contributed by atoms with van der Waals surface area (Å²) in [5.41, 5.74) is -0.230. The van der Waals surface area contributed by atoms with Crippen LogP contribution in [-0.2, 0) is 19.0 Å². The number of fused-ring (bicyclic) bond motifs is 7. The minimum Gasteiger partial charge on any atom is -0.366 e. The van der Waals surface area contributed by atoms with Crippen LogP contribution >= 0.6 is 0 Å². The van der Waals surface area contributed by atoms with Crippen LogP contribution in [0.15, 0.2) is 12.2 Å². The van der Waals surface area contributed by atoms with E-state index in [1.165, 1.54) is 0 Å². The highest BCUT2D eigenvalue weighted by Crippen LogP contribution is 2.55. The molecule has 0 spiro atoms. The molecule has 5 nitrogen and oxygen atoms in total. The standard InChI is InChI=1S/C17H23NO4/c1-16(2)21-13-9-5-6-17(8-9,14(13)22-16)18-15(19)11-7-10-3-4-12(11)20-10/h3-4,9-14H,5-8H2,1-2H3,(H,18,19)/t9-,10+,11+,12-,13+,14+,17-/m0/s1. The average molecular weight is 305 g/mol. The number of carbonyl (C=O) groups is 1. The molecule has 0 aromatic carbocycles. The third-order valence-corrected chi connectivity index (χ3v) is 6.17. The predicted molar refractivity (Wildman–Crippen MR) is 77.9 cm³/mol. The Morgan fingerprint density at radius 1 is 1.27 bits per heavy atom. The van der Waals surface area contributed by atoms with Gasteiger partial charge in [0.25, 0.3) is 0 Å². The van der Waals surface area contributed by atoms with Crippen LogP contribution in [0.1, 0.15) is 39.5 Å². The van der Waals surface area contributed by atoms with Gasteiger partial charge in [-0.05, 0) is 45.4 Å². The van der Waals surface area contributed by atoms with E-state index in [1.54, 1.807) is 0 Å². The quantitative estimate of drug-likeness (QED) is 0.786. The van der Waals surface area contributed by atoms with Gasteiger partial charge in [-0.3, -0.25) is 4.79 Å². The van der Waals surface area contributed by atoms with E-state index in [0.29, 0.717) is 5.92 Å². The Hall–Kier alpha value is -0.910. The van der Waals surface area contributed by atoms with Gasteiger partial charge in [0, 0.05) is 0 Å². The van der Waals surface area contributed by atoms with Crippen LogP contribution in [0.2, 0.25) is 0 Å². The lowest BCUT2D eigenvalue weighted by atomic mass is 9.87. The number of hydrogen-bond acceptors (Lipinski definition) is 4. The molecule has 2 saturated heterocycles. The van der Waals surface area contributed by atoms with Crippen molar-refractivity contribution in [3.8, 4) is 0 Å². The fourth-order valence-corrected chi connectivity index (χ4v) is 5.27. The molecule has 3 heterocycles. The largest absolute Gasteiger partial charge is 0.366 e. The number of amides is 1. The summed E-state index contributed by atoms with van der Waals surface area (Å²) in [5, 5.41) is 3.36.